The molecule has 0 saturated heterocycles. The number of benzene rings is 1. The molecular weight excluding hydrogens is 307 g/mol. The van der Waals surface area contributed by atoms with E-state index in [2.05, 4.69) is 16.7 Å². The Balaban J connectivity index is 2.05. The molecule has 0 bridgehead atoms. The first-order valence-corrected chi connectivity index (χ1v) is 7.68. The van der Waals surface area contributed by atoms with Crippen molar-refractivity contribution in [2.45, 2.75) is 13.1 Å². The summed E-state index contributed by atoms with van der Waals surface area (Å²) >= 11 is 7.49. The Kier molecular flexibility index (Phi) is 5.77. The van der Waals surface area contributed by atoms with Crippen LogP contribution < -0.4 is 5.73 Å². The van der Waals surface area contributed by atoms with E-state index in [1.165, 1.54) is 10.9 Å². The minimum atomic E-state index is -0.313. The van der Waals surface area contributed by atoms with Crippen molar-refractivity contribution in [1.82, 2.24) is 4.90 Å². The van der Waals surface area contributed by atoms with Gasteiger partial charge in [-0.1, -0.05) is 29.5 Å². The van der Waals surface area contributed by atoms with Crippen LogP contribution in [0.25, 0.3) is 0 Å². The summed E-state index contributed by atoms with van der Waals surface area (Å²) in [6.07, 6.45) is 0. The molecule has 21 heavy (non-hydrogen) atoms. The number of halogens is 2. The Morgan fingerprint density at radius 3 is 2.76 bits per heavy atom. The van der Waals surface area contributed by atoms with Crippen molar-refractivity contribution >= 4 is 22.9 Å². The van der Waals surface area contributed by atoms with Crippen LogP contribution in [0.2, 0.25) is 4.34 Å². The first kappa shape index (κ1) is 16.0. The number of nitrogens with zero attached hydrogens (tertiary/aromatic N) is 1. The van der Waals surface area contributed by atoms with Crippen LogP contribution in [0.4, 0.5) is 4.39 Å². The lowest BCUT2D eigenvalue weighted by Crippen LogP contribution is -2.16. The Hall–Kier alpha value is -1.38. The second-order valence-corrected chi connectivity index (χ2v) is 6.50. The lowest BCUT2D eigenvalue weighted by Gasteiger charge is -2.16. The van der Waals surface area contributed by atoms with E-state index in [1.807, 2.05) is 19.2 Å². The zero-order chi connectivity index (χ0) is 15.2. The van der Waals surface area contributed by atoms with Gasteiger partial charge < -0.3 is 5.73 Å². The second-order valence-electron chi connectivity index (χ2n) is 4.70. The first-order chi connectivity index (χ1) is 10.1. The van der Waals surface area contributed by atoms with Gasteiger partial charge in [0.25, 0.3) is 0 Å². The average molecular weight is 323 g/mol. The van der Waals surface area contributed by atoms with Crippen LogP contribution in [-0.2, 0) is 13.1 Å². The Bertz CT molecular complexity index is 672. The molecule has 1 aromatic carbocycles. The molecule has 2 N–H and O–H groups in total. The summed E-state index contributed by atoms with van der Waals surface area (Å²) in [5.41, 5.74) is 6.73. The molecule has 0 saturated carbocycles. The van der Waals surface area contributed by atoms with Gasteiger partial charge in [0, 0.05) is 18.0 Å². The van der Waals surface area contributed by atoms with Crippen molar-refractivity contribution in [2.24, 2.45) is 5.73 Å². The molecule has 110 valence electrons. The van der Waals surface area contributed by atoms with Crippen molar-refractivity contribution in [3.8, 4) is 11.8 Å². The number of nitrogens with two attached hydrogens (primary N) is 1. The molecule has 0 aliphatic rings. The molecule has 1 heterocycles. The zero-order valence-corrected chi connectivity index (χ0v) is 13.3. The van der Waals surface area contributed by atoms with Gasteiger partial charge in [0.05, 0.1) is 16.4 Å². The lowest BCUT2D eigenvalue weighted by atomic mass is 10.1. The van der Waals surface area contributed by atoms with Crippen molar-refractivity contribution in [2.75, 3.05) is 13.6 Å². The standard InChI is InChI=1S/C16H16ClFN2S/c1-20(11-14-5-7-16(17)21-14)10-12-4-6-15(18)13(9-12)3-2-8-19/h4-7,9H,8,10-11,19H2,1H3. The molecule has 2 rings (SSSR count). The Morgan fingerprint density at radius 2 is 2.10 bits per heavy atom. The topological polar surface area (TPSA) is 29.3 Å². The fraction of sp³-hybridized carbons (Fsp3) is 0.250. The molecule has 0 radical (unpaired) electrons. The van der Waals surface area contributed by atoms with E-state index in [1.54, 1.807) is 23.5 Å². The third kappa shape index (κ3) is 4.83. The van der Waals surface area contributed by atoms with Gasteiger partial charge >= 0.3 is 0 Å². The Labute approximate surface area is 133 Å². The third-order valence-electron chi connectivity index (χ3n) is 2.86. The van der Waals surface area contributed by atoms with Gasteiger partial charge in [-0.3, -0.25) is 4.90 Å². The minimum Gasteiger partial charge on any atom is -0.320 e. The number of hydrogen-bond acceptors (Lipinski definition) is 3. The molecule has 2 nitrogen and oxygen atoms in total. The number of hydrogen-bond donors (Lipinski definition) is 1. The van der Waals surface area contributed by atoms with Crippen LogP contribution in [0.3, 0.4) is 0 Å². The maximum Gasteiger partial charge on any atom is 0.138 e. The zero-order valence-electron chi connectivity index (χ0n) is 11.7. The molecule has 0 amide bonds. The fourth-order valence-electron chi connectivity index (χ4n) is 1.98. The summed E-state index contributed by atoms with van der Waals surface area (Å²) in [7, 11) is 2.02. The van der Waals surface area contributed by atoms with E-state index in [9.17, 15) is 4.39 Å². The molecular formula is C16H16ClFN2S. The molecule has 0 atom stereocenters. The predicted molar refractivity (Wildman–Crippen MR) is 86.8 cm³/mol. The van der Waals surface area contributed by atoms with Crippen LogP contribution in [0.1, 0.15) is 16.0 Å². The van der Waals surface area contributed by atoms with E-state index in [0.717, 1.165) is 16.4 Å². The number of rotatable bonds is 4. The molecule has 0 unspecified atom stereocenters. The van der Waals surface area contributed by atoms with E-state index >= 15 is 0 Å². The molecule has 0 fully saturated rings. The predicted octanol–water partition coefficient (Wildman–Crippen LogP) is 3.48. The smallest absolute Gasteiger partial charge is 0.138 e. The van der Waals surface area contributed by atoms with Crippen LogP contribution in [0.15, 0.2) is 30.3 Å². The van der Waals surface area contributed by atoms with E-state index in [4.69, 9.17) is 17.3 Å². The minimum absolute atomic E-state index is 0.225. The third-order valence-corrected chi connectivity index (χ3v) is 4.08. The van der Waals surface area contributed by atoms with Gasteiger partial charge in [0.15, 0.2) is 0 Å². The van der Waals surface area contributed by atoms with Gasteiger partial charge in [-0.2, -0.15) is 0 Å². The second kappa shape index (κ2) is 7.58. The van der Waals surface area contributed by atoms with Gasteiger partial charge in [-0.05, 0) is 36.9 Å². The molecule has 0 spiro atoms. The van der Waals surface area contributed by atoms with Gasteiger partial charge in [-0.25, -0.2) is 4.39 Å². The van der Waals surface area contributed by atoms with Crippen molar-refractivity contribution in [1.29, 1.82) is 0 Å². The van der Waals surface area contributed by atoms with Crippen LogP contribution >= 0.6 is 22.9 Å². The van der Waals surface area contributed by atoms with E-state index < -0.39 is 0 Å². The highest BCUT2D eigenvalue weighted by Gasteiger charge is 2.06. The van der Waals surface area contributed by atoms with Gasteiger partial charge in [0.2, 0.25) is 0 Å². The lowest BCUT2D eigenvalue weighted by molar-refractivity contribution is 0.322. The summed E-state index contributed by atoms with van der Waals surface area (Å²) in [5.74, 6) is 5.12. The highest BCUT2D eigenvalue weighted by Crippen LogP contribution is 2.23. The van der Waals surface area contributed by atoms with Crippen LogP contribution in [0, 0.1) is 17.7 Å². The molecule has 5 heteroatoms. The Morgan fingerprint density at radius 1 is 1.29 bits per heavy atom. The first-order valence-electron chi connectivity index (χ1n) is 6.48. The van der Waals surface area contributed by atoms with Crippen LogP contribution in [0.5, 0.6) is 0 Å². The molecule has 0 aliphatic carbocycles. The maximum atomic E-state index is 13.6. The SMILES string of the molecule is CN(Cc1ccc(F)c(C#CCN)c1)Cc1ccc(Cl)s1. The van der Waals surface area contributed by atoms with Gasteiger partial charge in [-0.15, -0.1) is 11.3 Å². The maximum absolute atomic E-state index is 13.6. The normalized spacial score (nSPS) is 10.5. The number of thiophene rings is 1. The quantitative estimate of drug-likeness (QED) is 0.873. The summed E-state index contributed by atoms with van der Waals surface area (Å²) in [4.78, 5) is 3.35. The van der Waals surface area contributed by atoms with Gasteiger partial charge in [0.1, 0.15) is 5.82 Å². The average Bonchev–Trinajstić information content (AvgIpc) is 2.84. The van der Waals surface area contributed by atoms with E-state index in [0.29, 0.717) is 12.1 Å². The summed E-state index contributed by atoms with van der Waals surface area (Å²) in [6, 6.07) is 8.92. The summed E-state index contributed by atoms with van der Waals surface area (Å²) in [5, 5.41) is 0. The van der Waals surface area contributed by atoms with Crippen molar-refractivity contribution in [3.63, 3.8) is 0 Å². The van der Waals surface area contributed by atoms with Crippen LogP contribution in [-0.4, -0.2) is 18.5 Å². The fourth-order valence-corrected chi connectivity index (χ4v) is 3.15. The summed E-state index contributed by atoms with van der Waals surface area (Å²) in [6.45, 7) is 1.74. The molecule has 0 aliphatic heterocycles. The van der Waals surface area contributed by atoms with E-state index in [-0.39, 0.29) is 12.4 Å². The summed E-state index contributed by atoms with van der Waals surface area (Å²) < 4.78 is 14.4. The monoisotopic (exact) mass is 322 g/mol. The van der Waals surface area contributed by atoms with Crippen molar-refractivity contribution in [3.05, 3.63) is 56.5 Å². The van der Waals surface area contributed by atoms with Crippen molar-refractivity contribution < 1.29 is 4.39 Å². The largest absolute Gasteiger partial charge is 0.320 e. The highest BCUT2D eigenvalue weighted by molar-refractivity contribution is 7.16. The molecule has 1 aromatic heterocycles. The molecule has 2 aromatic rings. The highest BCUT2D eigenvalue weighted by atomic mass is 35.5.